The summed E-state index contributed by atoms with van der Waals surface area (Å²) in [6, 6.07) is 8.68. The third-order valence-corrected chi connectivity index (χ3v) is 6.14. The van der Waals surface area contributed by atoms with E-state index in [1.165, 1.54) is 29.3 Å². The van der Waals surface area contributed by atoms with Gasteiger partial charge in [0.15, 0.2) is 0 Å². The predicted octanol–water partition coefficient (Wildman–Crippen LogP) is 5.38. The van der Waals surface area contributed by atoms with Gasteiger partial charge in [-0.05, 0) is 51.7 Å². The zero-order valence-corrected chi connectivity index (χ0v) is 16.7. The lowest BCUT2D eigenvalue weighted by atomic mass is 10.0. The van der Waals surface area contributed by atoms with Gasteiger partial charge < -0.3 is 0 Å². The second kappa shape index (κ2) is 9.84. The quantitative estimate of drug-likeness (QED) is 0.565. The summed E-state index contributed by atoms with van der Waals surface area (Å²) in [4.78, 5) is 0. The maximum Gasteiger partial charge on any atom is 0.0972 e. The number of unbranched alkanes of at least 4 members (excludes halogenated alkanes) is 2. The van der Waals surface area contributed by atoms with Crippen LogP contribution in [-0.2, 0) is 17.4 Å². The molecule has 0 aliphatic heterocycles. The fourth-order valence-corrected chi connectivity index (χ4v) is 3.64. The average Bonchev–Trinajstić information content (AvgIpc) is 2.45. The Balaban J connectivity index is 2.61. The van der Waals surface area contributed by atoms with Crippen molar-refractivity contribution in [2.45, 2.75) is 77.0 Å². The Labute approximate surface area is 147 Å². The van der Waals surface area contributed by atoms with Crippen LogP contribution in [-0.4, -0.2) is 15.0 Å². The zero-order valence-electron chi connectivity index (χ0n) is 14.3. The van der Waals surface area contributed by atoms with E-state index >= 15 is 0 Å². The van der Waals surface area contributed by atoms with Crippen LogP contribution in [0.1, 0.15) is 65.4 Å². The predicted molar refractivity (Wildman–Crippen MR) is 101 cm³/mol. The van der Waals surface area contributed by atoms with Gasteiger partial charge in [-0.15, -0.1) is 0 Å². The molecule has 0 fully saturated rings. The molecule has 2 nitrogen and oxygen atoms in total. The number of halogens is 1. The van der Waals surface area contributed by atoms with Gasteiger partial charge >= 0.3 is 0 Å². The first-order valence-corrected chi connectivity index (χ1v) is 10.2. The first-order chi connectivity index (χ1) is 10.3. The van der Waals surface area contributed by atoms with Gasteiger partial charge in [-0.1, -0.05) is 60.3 Å². The number of hydrogen-bond donors (Lipinski definition) is 1. The molecule has 0 aliphatic carbocycles. The Morgan fingerprint density at radius 1 is 1.18 bits per heavy atom. The molecule has 0 saturated heterocycles. The van der Waals surface area contributed by atoms with Gasteiger partial charge in [0.25, 0.3) is 0 Å². The Bertz CT molecular complexity index is 470. The van der Waals surface area contributed by atoms with Crippen molar-refractivity contribution >= 4 is 26.9 Å². The van der Waals surface area contributed by atoms with Crippen molar-refractivity contribution < 1.29 is 4.21 Å². The van der Waals surface area contributed by atoms with Crippen molar-refractivity contribution in [3.05, 3.63) is 34.3 Å². The van der Waals surface area contributed by atoms with Crippen LogP contribution in [0.4, 0.5) is 0 Å². The topological polar surface area (TPSA) is 29.1 Å². The van der Waals surface area contributed by atoms with Crippen LogP contribution in [0.2, 0.25) is 0 Å². The monoisotopic (exact) mass is 387 g/mol. The van der Waals surface area contributed by atoms with E-state index in [0.717, 1.165) is 19.3 Å². The molecule has 0 amide bonds. The molecular formula is C18H30BrNOS. The van der Waals surface area contributed by atoms with Crippen molar-refractivity contribution in [1.82, 2.24) is 4.72 Å². The lowest BCUT2D eigenvalue weighted by molar-refractivity contribution is 0.491. The largest absolute Gasteiger partial charge is 0.242 e. The summed E-state index contributed by atoms with van der Waals surface area (Å²) >= 11 is 3.61. The molecule has 0 unspecified atom stereocenters. The highest BCUT2D eigenvalue weighted by atomic mass is 79.9. The molecule has 1 N–H and O–H groups in total. The summed E-state index contributed by atoms with van der Waals surface area (Å²) in [6.45, 7) is 8.28. The van der Waals surface area contributed by atoms with Gasteiger partial charge in [0.2, 0.25) is 0 Å². The summed E-state index contributed by atoms with van der Waals surface area (Å²) in [6.07, 6.45) is 6.79. The van der Waals surface area contributed by atoms with Gasteiger partial charge in [0, 0.05) is 10.5 Å². The molecular weight excluding hydrogens is 358 g/mol. The van der Waals surface area contributed by atoms with Gasteiger partial charge in [0.1, 0.15) is 0 Å². The number of nitrogens with one attached hydrogen (secondary N) is 1. The SMILES string of the molecule is CCCCC[C@@H](CCc1ccccc1Br)N[S@](=O)C(C)(C)C. The Morgan fingerprint density at radius 3 is 2.45 bits per heavy atom. The van der Waals surface area contributed by atoms with E-state index < -0.39 is 11.0 Å². The molecule has 2 atom stereocenters. The van der Waals surface area contributed by atoms with E-state index in [1.807, 2.05) is 26.8 Å². The minimum atomic E-state index is -0.998. The molecule has 1 aromatic carbocycles. The summed E-state index contributed by atoms with van der Waals surface area (Å²) in [7, 11) is -0.998. The minimum Gasteiger partial charge on any atom is -0.242 e. The van der Waals surface area contributed by atoms with Crippen LogP contribution in [0.15, 0.2) is 28.7 Å². The molecule has 0 aromatic heterocycles. The van der Waals surface area contributed by atoms with E-state index in [2.05, 4.69) is 45.8 Å². The second-order valence-corrected chi connectivity index (χ2v) is 9.67. The number of aryl methyl sites for hydroxylation is 1. The van der Waals surface area contributed by atoms with Crippen LogP contribution in [0, 0.1) is 0 Å². The van der Waals surface area contributed by atoms with Crippen molar-refractivity contribution in [1.29, 1.82) is 0 Å². The Kier molecular flexibility index (Phi) is 8.88. The first kappa shape index (κ1) is 19.9. The normalized spacial score (nSPS) is 14.8. The number of rotatable bonds is 9. The molecule has 0 spiro atoms. The maximum atomic E-state index is 12.4. The van der Waals surface area contributed by atoms with E-state index in [9.17, 15) is 4.21 Å². The fraction of sp³-hybridized carbons (Fsp3) is 0.667. The van der Waals surface area contributed by atoms with Crippen LogP contribution in [0.5, 0.6) is 0 Å². The molecule has 1 rings (SSSR count). The van der Waals surface area contributed by atoms with Crippen LogP contribution in [0.25, 0.3) is 0 Å². The van der Waals surface area contributed by atoms with Crippen molar-refractivity contribution in [2.24, 2.45) is 0 Å². The van der Waals surface area contributed by atoms with E-state index in [4.69, 9.17) is 0 Å². The van der Waals surface area contributed by atoms with Crippen molar-refractivity contribution in [3.63, 3.8) is 0 Å². The Hall–Kier alpha value is -0.190. The number of benzene rings is 1. The van der Waals surface area contributed by atoms with E-state index in [1.54, 1.807) is 0 Å². The lowest BCUT2D eigenvalue weighted by Crippen LogP contribution is -2.40. The standard InChI is InChI=1S/C18H30BrNOS/c1-5-6-7-11-16(20-22(21)18(2,3)4)14-13-15-10-8-9-12-17(15)19/h8-10,12,16,20H,5-7,11,13-14H2,1-4H3/t16-,22+/m0/s1. The van der Waals surface area contributed by atoms with Crippen LogP contribution >= 0.6 is 15.9 Å². The zero-order chi connectivity index (χ0) is 16.6. The first-order valence-electron chi connectivity index (χ1n) is 8.26. The maximum absolute atomic E-state index is 12.4. The third kappa shape index (κ3) is 7.38. The van der Waals surface area contributed by atoms with Crippen LogP contribution < -0.4 is 4.72 Å². The highest BCUT2D eigenvalue weighted by Crippen LogP contribution is 2.20. The van der Waals surface area contributed by atoms with Crippen molar-refractivity contribution in [3.8, 4) is 0 Å². The molecule has 0 radical (unpaired) electrons. The van der Waals surface area contributed by atoms with Crippen molar-refractivity contribution in [2.75, 3.05) is 0 Å². The van der Waals surface area contributed by atoms with Gasteiger partial charge in [-0.25, -0.2) is 8.93 Å². The molecule has 0 aliphatic rings. The fourth-order valence-electron chi connectivity index (χ4n) is 2.26. The molecule has 0 heterocycles. The molecule has 1 aromatic rings. The highest BCUT2D eigenvalue weighted by Gasteiger charge is 2.22. The van der Waals surface area contributed by atoms with Gasteiger partial charge in [-0.2, -0.15) is 0 Å². The van der Waals surface area contributed by atoms with Crippen LogP contribution in [0.3, 0.4) is 0 Å². The smallest absolute Gasteiger partial charge is 0.0972 e. The molecule has 22 heavy (non-hydrogen) atoms. The molecule has 0 saturated carbocycles. The van der Waals surface area contributed by atoms with Gasteiger partial charge in [-0.3, -0.25) is 0 Å². The molecule has 126 valence electrons. The van der Waals surface area contributed by atoms with E-state index in [0.29, 0.717) is 6.04 Å². The second-order valence-electron chi connectivity index (χ2n) is 6.82. The van der Waals surface area contributed by atoms with E-state index in [-0.39, 0.29) is 4.75 Å². The van der Waals surface area contributed by atoms with Gasteiger partial charge in [0.05, 0.1) is 15.7 Å². The molecule has 4 heteroatoms. The highest BCUT2D eigenvalue weighted by molar-refractivity contribution is 9.10. The summed E-state index contributed by atoms with van der Waals surface area (Å²) in [5, 5.41) is 0. The minimum absolute atomic E-state index is 0.212. The average molecular weight is 388 g/mol. The summed E-state index contributed by atoms with van der Waals surface area (Å²) in [5.41, 5.74) is 1.33. The third-order valence-electron chi connectivity index (χ3n) is 3.71. The summed E-state index contributed by atoms with van der Waals surface area (Å²) < 4.78 is 16.7. The summed E-state index contributed by atoms with van der Waals surface area (Å²) in [5.74, 6) is 0. The lowest BCUT2D eigenvalue weighted by Gasteiger charge is -2.24. The molecule has 0 bridgehead atoms. The Morgan fingerprint density at radius 2 is 1.86 bits per heavy atom. The number of hydrogen-bond acceptors (Lipinski definition) is 1.